The molecule has 2 heterocycles. The van der Waals surface area contributed by atoms with Crippen LogP contribution in [0, 0.1) is 5.92 Å². The Hall–Kier alpha value is -3.35. The van der Waals surface area contributed by atoms with Gasteiger partial charge < -0.3 is 15.0 Å². The molecular formula is C28H33N3O4. The van der Waals surface area contributed by atoms with E-state index in [1.807, 2.05) is 36.4 Å². The number of amides is 3. The average molecular weight is 476 g/mol. The second-order valence-electron chi connectivity index (χ2n) is 9.81. The van der Waals surface area contributed by atoms with E-state index in [1.165, 1.54) is 17.7 Å². The van der Waals surface area contributed by atoms with E-state index < -0.39 is 0 Å². The molecule has 2 aliphatic heterocycles. The van der Waals surface area contributed by atoms with Crippen molar-refractivity contribution in [3.05, 3.63) is 59.2 Å². The lowest BCUT2D eigenvalue weighted by Crippen LogP contribution is -2.43. The van der Waals surface area contributed by atoms with E-state index in [-0.39, 0.29) is 23.6 Å². The lowest BCUT2D eigenvalue weighted by Gasteiger charge is -2.34. The Morgan fingerprint density at radius 3 is 2.49 bits per heavy atom. The summed E-state index contributed by atoms with van der Waals surface area (Å²) in [5, 5.41) is 3.23. The second-order valence-corrected chi connectivity index (χ2v) is 9.81. The predicted octanol–water partition coefficient (Wildman–Crippen LogP) is 3.81. The summed E-state index contributed by atoms with van der Waals surface area (Å²) < 4.78 is 5.28. The number of hydrogen-bond acceptors (Lipinski definition) is 5. The van der Waals surface area contributed by atoms with Crippen molar-refractivity contribution in [3.8, 4) is 5.75 Å². The van der Waals surface area contributed by atoms with Crippen LogP contribution in [0.1, 0.15) is 64.8 Å². The Balaban J connectivity index is 1.24. The summed E-state index contributed by atoms with van der Waals surface area (Å²) in [7, 11) is 1.62. The van der Waals surface area contributed by atoms with Crippen LogP contribution in [0.3, 0.4) is 0 Å². The minimum Gasteiger partial charge on any atom is -0.497 e. The number of piperidine rings is 1. The largest absolute Gasteiger partial charge is 0.497 e. The molecule has 0 spiro atoms. The first-order valence-electron chi connectivity index (χ1n) is 12.7. The Kier molecular flexibility index (Phi) is 6.75. The molecule has 1 aliphatic carbocycles. The molecule has 2 aromatic carbocycles. The summed E-state index contributed by atoms with van der Waals surface area (Å²) in [5.41, 5.74) is 2.79. The number of methoxy groups -OCH3 is 1. The molecule has 0 unspecified atom stereocenters. The Bertz CT molecular complexity index is 1120. The number of carbonyl (C=O) groups excluding carboxylic acids is 3. The number of fused-ring (bicyclic) bond motifs is 1. The lowest BCUT2D eigenvalue weighted by molar-refractivity contribution is -0.126. The summed E-state index contributed by atoms with van der Waals surface area (Å²) >= 11 is 0. The number of imide groups is 1. The number of ether oxygens (including phenoxy) is 1. The van der Waals surface area contributed by atoms with E-state index >= 15 is 0 Å². The van der Waals surface area contributed by atoms with E-state index in [0.717, 1.165) is 42.7 Å². The SMILES string of the molecule is COc1cccc(CCN2C(=O)c3cccc(N4CCC(C(=O)NC5CCCC5)CC4)c3C2=O)c1. The number of anilines is 1. The van der Waals surface area contributed by atoms with Crippen LogP contribution >= 0.6 is 0 Å². The van der Waals surface area contributed by atoms with Crippen molar-refractivity contribution in [2.24, 2.45) is 5.92 Å². The monoisotopic (exact) mass is 475 g/mol. The fourth-order valence-electron chi connectivity index (χ4n) is 5.62. The summed E-state index contributed by atoms with van der Waals surface area (Å²) in [4.78, 5) is 42.7. The van der Waals surface area contributed by atoms with Crippen LogP contribution in [0.2, 0.25) is 0 Å². The molecule has 5 rings (SSSR count). The van der Waals surface area contributed by atoms with Gasteiger partial charge in [0.05, 0.1) is 23.9 Å². The van der Waals surface area contributed by atoms with Crippen molar-refractivity contribution in [1.82, 2.24) is 10.2 Å². The molecule has 0 radical (unpaired) electrons. The fourth-order valence-corrected chi connectivity index (χ4v) is 5.62. The third kappa shape index (κ3) is 4.77. The number of rotatable bonds is 7. The van der Waals surface area contributed by atoms with Gasteiger partial charge in [-0.1, -0.05) is 31.0 Å². The van der Waals surface area contributed by atoms with Gasteiger partial charge in [0.1, 0.15) is 5.75 Å². The molecule has 184 valence electrons. The maximum Gasteiger partial charge on any atom is 0.263 e. The van der Waals surface area contributed by atoms with E-state index in [0.29, 0.717) is 43.2 Å². The molecule has 1 saturated carbocycles. The molecule has 1 N–H and O–H groups in total. The van der Waals surface area contributed by atoms with Crippen molar-refractivity contribution >= 4 is 23.4 Å². The van der Waals surface area contributed by atoms with Crippen molar-refractivity contribution in [1.29, 1.82) is 0 Å². The molecular weight excluding hydrogens is 442 g/mol. The Morgan fingerprint density at radius 1 is 1.00 bits per heavy atom. The lowest BCUT2D eigenvalue weighted by atomic mass is 9.94. The van der Waals surface area contributed by atoms with Crippen LogP contribution in [0.25, 0.3) is 0 Å². The average Bonchev–Trinajstić information content (AvgIpc) is 3.49. The molecule has 3 amide bonds. The molecule has 2 aromatic rings. The molecule has 0 bridgehead atoms. The third-order valence-corrected chi connectivity index (χ3v) is 7.64. The first-order chi connectivity index (χ1) is 17.0. The number of nitrogens with one attached hydrogen (secondary N) is 1. The van der Waals surface area contributed by atoms with Gasteiger partial charge in [-0.15, -0.1) is 0 Å². The van der Waals surface area contributed by atoms with E-state index in [9.17, 15) is 14.4 Å². The van der Waals surface area contributed by atoms with Gasteiger partial charge in [-0.2, -0.15) is 0 Å². The molecule has 0 atom stereocenters. The quantitative estimate of drug-likeness (QED) is 0.616. The highest BCUT2D eigenvalue weighted by atomic mass is 16.5. The first kappa shape index (κ1) is 23.4. The zero-order chi connectivity index (χ0) is 24.4. The van der Waals surface area contributed by atoms with Crippen molar-refractivity contribution in [2.45, 2.75) is 51.0 Å². The van der Waals surface area contributed by atoms with Gasteiger partial charge in [0.25, 0.3) is 11.8 Å². The van der Waals surface area contributed by atoms with Crippen LogP contribution in [0.5, 0.6) is 5.75 Å². The van der Waals surface area contributed by atoms with Crippen molar-refractivity contribution in [3.63, 3.8) is 0 Å². The van der Waals surface area contributed by atoms with Crippen LogP contribution in [0.15, 0.2) is 42.5 Å². The topological polar surface area (TPSA) is 79.0 Å². The second kappa shape index (κ2) is 10.1. The minimum atomic E-state index is -0.236. The molecule has 35 heavy (non-hydrogen) atoms. The molecule has 7 heteroatoms. The zero-order valence-electron chi connectivity index (χ0n) is 20.3. The van der Waals surface area contributed by atoms with Gasteiger partial charge in [0.2, 0.25) is 5.91 Å². The minimum absolute atomic E-state index is 0.0142. The number of carbonyl (C=O) groups is 3. The number of hydrogen-bond donors (Lipinski definition) is 1. The zero-order valence-corrected chi connectivity index (χ0v) is 20.3. The van der Waals surface area contributed by atoms with Crippen LogP contribution in [-0.2, 0) is 11.2 Å². The van der Waals surface area contributed by atoms with E-state index in [4.69, 9.17) is 4.74 Å². The third-order valence-electron chi connectivity index (χ3n) is 7.64. The summed E-state index contributed by atoms with van der Waals surface area (Å²) in [6.07, 6.45) is 6.65. The van der Waals surface area contributed by atoms with Gasteiger partial charge in [0, 0.05) is 31.6 Å². The number of benzene rings is 2. The van der Waals surface area contributed by atoms with Crippen molar-refractivity contribution < 1.29 is 19.1 Å². The summed E-state index contributed by atoms with van der Waals surface area (Å²) in [6, 6.07) is 13.5. The molecule has 3 aliphatic rings. The fraction of sp³-hybridized carbons (Fsp3) is 0.464. The standard InChI is InChI=1S/C28H33N3O4/c1-35-22-9-4-6-19(18-22)12-17-31-27(33)23-10-5-11-24(25(23)28(31)34)30-15-13-20(14-16-30)26(32)29-21-7-2-3-8-21/h4-6,9-11,18,20-21H,2-3,7-8,12-17H2,1H3,(H,29,32). The maximum absolute atomic E-state index is 13.4. The molecule has 7 nitrogen and oxygen atoms in total. The molecule has 1 saturated heterocycles. The van der Waals surface area contributed by atoms with Gasteiger partial charge in [0.15, 0.2) is 0 Å². The highest BCUT2D eigenvalue weighted by Crippen LogP contribution is 2.34. The summed E-state index contributed by atoms with van der Waals surface area (Å²) in [6.45, 7) is 1.72. The van der Waals surface area contributed by atoms with E-state index in [1.54, 1.807) is 13.2 Å². The van der Waals surface area contributed by atoms with Gasteiger partial charge >= 0.3 is 0 Å². The Labute approximate surface area is 206 Å². The summed E-state index contributed by atoms with van der Waals surface area (Å²) in [5.74, 6) is 0.475. The van der Waals surface area contributed by atoms with Crippen LogP contribution < -0.4 is 15.0 Å². The van der Waals surface area contributed by atoms with E-state index in [2.05, 4.69) is 10.2 Å². The van der Waals surface area contributed by atoms with Gasteiger partial charge in [-0.3, -0.25) is 19.3 Å². The van der Waals surface area contributed by atoms with Gasteiger partial charge in [-0.25, -0.2) is 0 Å². The normalized spacial score (nSPS) is 18.8. The highest BCUT2D eigenvalue weighted by Gasteiger charge is 2.39. The predicted molar refractivity (Wildman–Crippen MR) is 134 cm³/mol. The maximum atomic E-state index is 13.4. The van der Waals surface area contributed by atoms with Gasteiger partial charge in [-0.05, 0) is 61.9 Å². The molecule has 2 fully saturated rings. The molecule has 0 aromatic heterocycles. The highest BCUT2D eigenvalue weighted by molar-refractivity contribution is 6.23. The number of nitrogens with zero attached hydrogens (tertiary/aromatic N) is 2. The first-order valence-corrected chi connectivity index (χ1v) is 12.7. The van der Waals surface area contributed by atoms with Crippen LogP contribution in [-0.4, -0.2) is 55.4 Å². The van der Waals surface area contributed by atoms with Crippen molar-refractivity contribution in [2.75, 3.05) is 31.6 Å². The Morgan fingerprint density at radius 2 is 1.74 bits per heavy atom. The smallest absolute Gasteiger partial charge is 0.263 e. The van der Waals surface area contributed by atoms with Crippen LogP contribution in [0.4, 0.5) is 5.69 Å².